The minimum absolute atomic E-state index is 0.198. The molecule has 1 aromatic heterocycles. The lowest BCUT2D eigenvalue weighted by molar-refractivity contribution is 0.588. The third-order valence-corrected chi connectivity index (χ3v) is 5.64. The maximum absolute atomic E-state index is 11.8. The van der Waals surface area contributed by atoms with E-state index < -0.39 is 10.0 Å². The van der Waals surface area contributed by atoms with Crippen LogP contribution in [0.4, 0.5) is 11.4 Å². The summed E-state index contributed by atoms with van der Waals surface area (Å²) in [4.78, 5) is 1.43. The average Bonchev–Trinajstić information content (AvgIpc) is 2.93. The Kier molecular flexibility index (Phi) is 4.87. The zero-order valence-corrected chi connectivity index (χ0v) is 13.6. The van der Waals surface area contributed by atoms with Gasteiger partial charge in [-0.25, -0.2) is 13.1 Å². The number of sulfonamides is 1. The highest BCUT2D eigenvalue weighted by molar-refractivity contribution is 7.89. The molecule has 0 atom stereocenters. The molecule has 0 radical (unpaired) electrons. The third-order valence-electron chi connectivity index (χ3n) is 3.26. The van der Waals surface area contributed by atoms with E-state index in [-0.39, 0.29) is 4.90 Å². The van der Waals surface area contributed by atoms with Crippen molar-refractivity contribution in [1.82, 2.24) is 4.72 Å². The van der Waals surface area contributed by atoms with Crippen molar-refractivity contribution in [2.24, 2.45) is 0 Å². The average molecular weight is 325 g/mol. The predicted molar refractivity (Wildman–Crippen MR) is 88.1 cm³/mol. The van der Waals surface area contributed by atoms with Crippen molar-refractivity contribution in [3.05, 3.63) is 40.1 Å². The highest BCUT2D eigenvalue weighted by Crippen LogP contribution is 2.25. The lowest BCUT2D eigenvalue weighted by atomic mass is 10.2. The van der Waals surface area contributed by atoms with Crippen LogP contribution in [0.25, 0.3) is 0 Å². The number of hydrogen-bond donors (Lipinski definition) is 3. The van der Waals surface area contributed by atoms with Crippen LogP contribution in [-0.2, 0) is 23.0 Å². The van der Waals surface area contributed by atoms with Crippen LogP contribution < -0.4 is 15.8 Å². The minimum Gasteiger partial charge on any atom is -0.397 e. The number of anilines is 2. The molecule has 21 heavy (non-hydrogen) atoms. The van der Waals surface area contributed by atoms with E-state index >= 15 is 0 Å². The number of hydrogen-bond acceptors (Lipinski definition) is 5. The zero-order chi connectivity index (χ0) is 15.5. The Morgan fingerprint density at radius 1 is 1.29 bits per heavy atom. The van der Waals surface area contributed by atoms with Gasteiger partial charge in [0.05, 0.1) is 16.3 Å². The molecule has 114 valence electrons. The van der Waals surface area contributed by atoms with Crippen molar-refractivity contribution in [1.29, 1.82) is 0 Å². The molecule has 2 aromatic rings. The molecule has 0 spiro atoms. The molecule has 0 fully saturated rings. The van der Waals surface area contributed by atoms with Gasteiger partial charge in [-0.2, -0.15) is 0 Å². The molecule has 2 rings (SSSR count). The highest BCUT2D eigenvalue weighted by atomic mass is 32.2. The van der Waals surface area contributed by atoms with Crippen molar-refractivity contribution in [2.45, 2.75) is 24.8 Å². The summed E-state index contributed by atoms with van der Waals surface area (Å²) in [5.41, 5.74) is 8.36. The van der Waals surface area contributed by atoms with Gasteiger partial charge < -0.3 is 11.1 Å². The standard InChI is InChI=1S/C14H19N3O2S2/c1-3-10-6-7-20-14(10)9-17-13-8-11(4-5-12(13)15)21(18,19)16-2/h4-8,16-17H,3,9,15H2,1-2H3. The molecule has 7 heteroatoms. The number of nitrogens with two attached hydrogens (primary N) is 1. The fraction of sp³-hybridized carbons (Fsp3) is 0.286. The summed E-state index contributed by atoms with van der Waals surface area (Å²) >= 11 is 1.68. The zero-order valence-electron chi connectivity index (χ0n) is 12.0. The fourth-order valence-electron chi connectivity index (χ4n) is 1.99. The Balaban J connectivity index is 2.22. The van der Waals surface area contributed by atoms with Gasteiger partial charge >= 0.3 is 0 Å². The lowest BCUT2D eigenvalue weighted by Crippen LogP contribution is -2.18. The van der Waals surface area contributed by atoms with Crippen LogP contribution >= 0.6 is 11.3 Å². The van der Waals surface area contributed by atoms with Crippen LogP contribution in [-0.4, -0.2) is 15.5 Å². The molecule has 0 aliphatic carbocycles. The van der Waals surface area contributed by atoms with E-state index in [1.165, 1.54) is 23.6 Å². The Morgan fingerprint density at radius 2 is 2.05 bits per heavy atom. The molecule has 1 aromatic carbocycles. The maximum Gasteiger partial charge on any atom is 0.240 e. The van der Waals surface area contributed by atoms with E-state index in [1.807, 2.05) is 0 Å². The number of nitrogens with one attached hydrogen (secondary N) is 2. The first-order valence-electron chi connectivity index (χ1n) is 6.60. The number of nitrogen functional groups attached to an aromatic ring is 1. The second-order valence-electron chi connectivity index (χ2n) is 4.53. The van der Waals surface area contributed by atoms with Crippen LogP contribution in [0.15, 0.2) is 34.5 Å². The first kappa shape index (κ1) is 15.8. The Morgan fingerprint density at radius 3 is 2.71 bits per heavy atom. The van der Waals surface area contributed by atoms with Crippen molar-refractivity contribution >= 4 is 32.7 Å². The van der Waals surface area contributed by atoms with Gasteiger partial charge in [-0.15, -0.1) is 11.3 Å². The Bertz CT molecular complexity index is 724. The van der Waals surface area contributed by atoms with Crippen LogP contribution in [0.2, 0.25) is 0 Å². The van der Waals surface area contributed by atoms with Gasteiger partial charge in [0.15, 0.2) is 0 Å². The lowest BCUT2D eigenvalue weighted by Gasteiger charge is -2.11. The molecule has 0 aliphatic heterocycles. The van der Waals surface area contributed by atoms with E-state index in [0.717, 1.165) is 6.42 Å². The normalized spacial score (nSPS) is 11.5. The van der Waals surface area contributed by atoms with E-state index in [0.29, 0.717) is 17.9 Å². The van der Waals surface area contributed by atoms with Crippen molar-refractivity contribution in [3.63, 3.8) is 0 Å². The topological polar surface area (TPSA) is 84.2 Å². The van der Waals surface area contributed by atoms with E-state index in [9.17, 15) is 8.42 Å². The predicted octanol–water partition coefficient (Wildman–Crippen LogP) is 2.41. The fourth-order valence-corrected chi connectivity index (χ4v) is 3.66. The van der Waals surface area contributed by atoms with Gasteiger partial charge in [0, 0.05) is 11.4 Å². The summed E-state index contributed by atoms with van der Waals surface area (Å²) < 4.78 is 25.9. The SMILES string of the molecule is CCc1ccsc1CNc1cc(S(=O)(=O)NC)ccc1N. The minimum atomic E-state index is -3.47. The number of benzene rings is 1. The quantitative estimate of drug-likeness (QED) is 0.712. The molecular weight excluding hydrogens is 306 g/mol. The Hall–Kier alpha value is -1.57. The van der Waals surface area contributed by atoms with E-state index in [1.54, 1.807) is 23.5 Å². The third kappa shape index (κ3) is 3.55. The summed E-state index contributed by atoms with van der Waals surface area (Å²) in [5, 5.41) is 5.28. The van der Waals surface area contributed by atoms with Gasteiger partial charge in [0.2, 0.25) is 10.0 Å². The van der Waals surface area contributed by atoms with E-state index in [4.69, 9.17) is 5.73 Å². The molecule has 0 bridgehead atoms. The van der Waals surface area contributed by atoms with Crippen LogP contribution in [0.3, 0.4) is 0 Å². The van der Waals surface area contributed by atoms with Crippen molar-refractivity contribution in [3.8, 4) is 0 Å². The van der Waals surface area contributed by atoms with Gasteiger partial charge in [0.25, 0.3) is 0 Å². The second-order valence-corrected chi connectivity index (χ2v) is 7.42. The second kappa shape index (κ2) is 6.46. The van der Waals surface area contributed by atoms with Gasteiger partial charge in [-0.05, 0) is 48.7 Å². The van der Waals surface area contributed by atoms with E-state index in [2.05, 4.69) is 28.4 Å². The summed E-state index contributed by atoms with van der Waals surface area (Å²) in [6.45, 7) is 2.74. The molecule has 0 amide bonds. The van der Waals surface area contributed by atoms with Crippen LogP contribution in [0.1, 0.15) is 17.4 Å². The van der Waals surface area contributed by atoms with Crippen LogP contribution in [0.5, 0.6) is 0 Å². The summed E-state index contributed by atoms with van der Waals surface area (Å²) in [7, 11) is -2.08. The molecule has 0 aliphatic rings. The molecule has 0 saturated carbocycles. The van der Waals surface area contributed by atoms with Gasteiger partial charge in [-0.1, -0.05) is 6.92 Å². The molecule has 1 heterocycles. The van der Waals surface area contributed by atoms with Gasteiger partial charge in [-0.3, -0.25) is 0 Å². The smallest absolute Gasteiger partial charge is 0.240 e. The molecule has 0 saturated heterocycles. The van der Waals surface area contributed by atoms with Crippen molar-refractivity contribution in [2.75, 3.05) is 18.1 Å². The van der Waals surface area contributed by atoms with Crippen LogP contribution in [0, 0.1) is 0 Å². The maximum atomic E-state index is 11.8. The summed E-state index contributed by atoms with van der Waals surface area (Å²) in [6, 6.07) is 6.75. The monoisotopic (exact) mass is 325 g/mol. The molecule has 0 unspecified atom stereocenters. The summed E-state index contributed by atoms with van der Waals surface area (Å²) in [5.74, 6) is 0. The van der Waals surface area contributed by atoms with Crippen molar-refractivity contribution < 1.29 is 8.42 Å². The molecule has 4 N–H and O–H groups in total. The Labute approximate surface area is 129 Å². The molecular formula is C14H19N3O2S2. The number of thiophene rings is 1. The molecule has 5 nitrogen and oxygen atoms in total. The van der Waals surface area contributed by atoms with Gasteiger partial charge in [0.1, 0.15) is 0 Å². The number of aryl methyl sites for hydroxylation is 1. The number of rotatable bonds is 6. The first-order chi connectivity index (χ1) is 9.97. The first-order valence-corrected chi connectivity index (χ1v) is 8.96. The largest absolute Gasteiger partial charge is 0.397 e. The summed E-state index contributed by atoms with van der Waals surface area (Å²) in [6.07, 6.45) is 0.976. The highest BCUT2D eigenvalue weighted by Gasteiger charge is 2.13.